The number of para-hydroxylation sites is 2. The van der Waals surface area contributed by atoms with Crippen molar-refractivity contribution in [2.45, 2.75) is 0 Å². The molecule has 34 heavy (non-hydrogen) atoms. The molecule has 0 saturated heterocycles. The lowest BCUT2D eigenvalue weighted by Crippen LogP contribution is -2.19. The molecular weight excluding hydrogens is 426 g/mol. The molecule has 6 aromatic rings. The van der Waals surface area contributed by atoms with Gasteiger partial charge in [-0.3, -0.25) is 4.98 Å². The summed E-state index contributed by atoms with van der Waals surface area (Å²) in [5.41, 5.74) is 6.87. The second-order valence-electron chi connectivity index (χ2n) is 7.81. The van der Waals surface area contributed by atoms with Crippen LogP contribution in [-0.2, 0) is 0 Å². The molecule has 0 unspecified atom stereocenters. The van der Waals surface area contributed by atoms with Gasteiger partial charge in [0.15, 0.2) is 0 Å². The van der Waals surface area contributed by atoms with Crippen LogP contribution in [0.5, 0.6) is 0 Å². The monoisotopic (exact) mass is 445 g/mol. The number of benzene rings is 3. The Morgan fingerprint density at radius 2 is 1.21 bits per heavy atom. The van der Waals surface area contributed by atoms with Gasteiger partial charge in [-0.25, -0.2) is 14.8 Å². The molecule has 0 saturated carbocycles. The second kappa shape index (κ2) is 8.18. The van der Waals surface area contributed by atoms with Crippen LogP contribution >= 0.6 is 0 Å². The predicted molar refractivity (Wildman–Crippen MR) is 133 cm³/mol. The van der Waals surface area contributed by atoms with Gasteiger partial charge >= 0.3 is 6.03 Å². The number of rotatable bonds is 4. The average Bonchev–Trinajstić information content (AvgIpc) is 3.49. The highest BCUT2D eigenvalue weighted by atomic mass is 16.2. The van der Waals surface area contributed by atoms with Crippen LogP contribution in [0.2, 0.25) is 0 Å². The summed E-state index contributed by atoms with van der Waals surface area (Å²) in [5.74, 6) is 1.54. The molecule has 164 valence electrons. The van der Waals surface area contributed by atoms with Crippen molar-refractivity contribution in [1.29, 1.82) is 0 Å². The van der Waals surface area contributed by atoms with Crippen molar-refractivity contribution in [3.8, 4) is 22.8 Å². The van der Waals surface area contributed by atoms with E-state index >= 15 is 0 Å². The zero-order chi connectivity index (χ0) is 22.9. The Labute approximate surface area is 194 Å². The minimum Gasteiger partial charge on any atom is -0.338 e. The van der Waals surface area contributed by atoms with Crippen LogP contribution in [0.4, 0.5) is 16.2 Å². The van der Waals surface area contributed by atoms with Gasteiger partial charge in [-0.1, -0.05) is 12.1 Å². The zero-order valence-electron chi connectivity index (χ0n) is 17.9. The Kier molecular flexibility index (Phi) is 4.73. The number of carbonyl (C=O) groups is 1. The normalized spacial score (nSPS) is 11.1. The number of aromatic amines is 2. The highest BCUT2D eigenvalue weighted by molar-refractivity contribution is 6.00. The van der Waals surface area contributed by atoms with Gasteiger partial charge in [0.25, 0.3) is 0 Å². The van der Waals surface area contributed by atoms with E-state index in [2.05, 4.69) is 35.6 Å². The zero-order valence-corrected chi connectivity index (χ0v) is 17.9. The first-order chi connectivity index (χ1) is 16.7. The smallest absolute Gasteiger partial charge is 0.323 e. The second-order valence-corrected chi connectivity index (χ2v) is 7.81. The molecule has 0 fully saturated rings. The quantitative estimate of drug-likeness (QED) is 0.274. The molecule has 2 amide bonds. The van der Waals surface area contributed by atoms with Crippen LogP contribution in [0.25, 0.3) is 44.8 Å². The number of amides is 2. The van der Waals surface area contributed by atoms with Crippen LogP contribution in [0.1, 0.15) is 0 Å². The maximum atomic E-state index is 12.5. The number of pyridine rings is 1. The van der Waals surface area contributed by atoms with E-state index < -0.39 is 0 Å². The summed E-state index contributed by atoms with van der Waals surface area (Å²) >= 11 is 0. The number of nitrogens with zero attached hydrogens (tertiary/aromatic N) is 3. The maximum absolute atomic E-state index is 12.5. The lowest BCUT2D eigenvalue weighted by molar-refractivity contribution is 0.262. The number of carbonyl (C=O) groups excluding carboxylic acids is 1. The predicted octanol–water partition coefficient (Wildman–Crippen LogP) is 5.81. The van der Waals surface area contributed by atoms with Crippen molar-refractivity contribution >= 4 is 39.5 Å². The third-order valence-electron chi connectivity index (χ3n) is 5.51. The fourth-order valence-corrected chi connectivity index (χ4v) is 3.80. The van der Waals surface area contributed by atoms with Gasteiger partial charge in [-0.15, -0.1) is 0 Å². The van der Waals surface area contributed by atoms with Crippen molar-refractivity contribution in [2.75, 3.05) is 10.6 Å². The summed E-state index contributed by atoms with van der Waals surface area (Å²) in [7, 11) is 0. The van der Waals surface area contributed by atoms with Crippen molar-refractivity contribution < 1.29 is 4.79 Å². The summed E-state index contributed by atoms with van der Waals surface area (Å²) < 4.78 is 0. The number of aromatic nitrogens is 5. The third-order valence-corrected chi connectivity index (χ3v) is 5.51. The van der Waals surface area contributed by atoms with Gasteiger partial charge < -0.3 is 20.6 Å². The van der Waals surface area contributed by atoms with E-state index in [-0.39, 0.29) is 6.03 Å². The minimum absolute atomic E-state index is 0.320. The molecule has 8 heteroatoms. The summed E-state index contributed by atoms with van der Waals surface area (Å²) in [6.07, 6.45) is 3.46. The summed E-state index contributed by atoms with van der Waals surface area (Å²) in [6, 6.07) is 24.5. The fourth-order valence-electron chi connectivity index (χ4n) is 3.80. The Morgan fingerprint density at radius 3 is 1.79 bits per heavy atom. The Hall–Kier alpha value is -4.98. The van der Waals surface area contributed by atoms with Crippen molar-refractivity contribution in [2.24, 2.45) is 0 Å². The van der Waals surface area contributed by atoms with Gasteiger partial charge in [-0.05, 0) is 66.7 Å². The number of hydrogen-bond donors (Lipinski definition) is 4. The Balaban J connectivity index is 1.11. The molecule has 6 rings (SSSR count). The molecule has 3 aromatic heterocycles. The standard InChI is InChI=1S/C26H19N7O/c34-26(28-18-9-5-16(6-10-18)24-30-20-3-1-2-4-21(20)31-24)29-19-11-7-17(8-12-19)25-32-22-13-14-27-15-23(22)33-25/h1-15H,(H,30,31)(H,32,33)(H2,28,29,34). The number of fused-ring (bicyclic) bond motifs is 2. The van der Waals surface area contributed by atoms with E-state index in [9.17, 15) is 4.79 Å². The largest absolute Gasteiger partial charge is 0.338 e. The van der Waals surface area contributed by atoms with Gasteiger partial charge in [0, 0.05) is 28.7 Å². The first kappa shape index (κ1) is 19.7. The van der Waals surface area contributed by atoms with E-state index in [1.807, 2.05) is 78.9 Å². The van der Waals surface area contributed by atoms with Crippen LogP contribution in [0, 0.1) is 0 Å². The van der Waals surface area contributed by atoms with Crippen molar-refractivity contribution in [3.63, 3.8) is 0 Å². The molecule has 0 atom stereocenters. The first-order valence-corrected chi connectivity index (χ1v) is 10.7. The number of nitrogens with one attached hydrogen (secondary N) is 4. The molecule has 3 aromatic carbocycles. The van der Waals surface area contributed by atoms with Crippen LogP contribution in [0.3, 0.4) is 0 Å². The molecular formula is C26H19N7O. The summed E-state index contributed by atoms with van der Waals surface area (Å²) in [6.45, 7) is 0. The van der Waals surface area contributed by atoms with Crippen molar-refractivity contribution in [3.05, 3.63) is 91.3 Å². The lowest BCUT2D eigenvalue weighted by Gasteiger charge is -2.08. The van der Waals surface area contributed by atoms with E-state index in [0.717, 1.165) is 44.8 Å². The molecule has 0 spiro atoms. The van der Waals surface area contributed by atoms with Gasteiger partial charge in [-0.2, -0.15) is 0 Å². The molecule has 0 aliphatic carbocycles. The van der Waals surface area contributed by atoms with Crippen LogP contribution < -0.4 is 10.6 Å². The molecule has 3 heterocycles. The SMILES string of the molecule is O=C(Nc1ccc(-c2nc3ccccc3[nH]2)cc1)Nc1ccc(-c2nc3ccncc3[nH]2)cc1. The van der Waals surface area contributed by atoms with Gasteiger partial charge in [0.2, 0.25) is 0 Å². The first-order valence-electron chi connectivity index (χ1n) is 10.7. The topological polar surface area (TPSA) is 111 Å². The average molecular weight is 445 g/mol. The highest BCUT2D eigenvalue weighted by Gasteiger charge is 2.08. The minimum atomic E-state index is -0.320. The molecule has 4 N–H and O–H groups in total. The summed E-state index contributed by atoms with van der Waals surface area (Å²) in [4.78, 5) is 32.3. The van der Waals surface area contributed by atoms with Crippen molar-refractivity contribution in [1.82, 2.24) is 24.9 Å². The van der Waals surface area contributed by atoms with E-state index in [1.54, 1.807) is 12.4 Å². The molecule has 8 nitrogen and oxygen atoms in total. The maximum Gasteiger partial charge on any atom is 0.323 e. The summed E-state index contributed by atoms with van der Waals surface area (Å²) in [5, 5.41) is 5.70. The fraction of sp³-hybridized carbons (Fsp3) is 0. The van der Waals surface area contributed by atoms with Gasteiger partial charge in [0.1, 0.15) is 11.6 Å². The number of hydrogen-bond acceptors (Lipinski definition) is 4. The van der Waals surface area contributed by atoms with E-state index in [4.69, 9.17) is 0 Å². The van der Waals surface area contributed by atoms with Crippen LogP contribution in [-0.4, -0.2) is 31.0 Å². The molecule has 0 radical (unpaired) electrons. The Morgan fingerprint density at radius 1 is 0.647 bits per heavy atom. The Bertz CT molecular complexity index is 1430. The van der Waals surface area contributed by atoms with Gasteiger partial charge in [0.05, 0.1) is 28.3 Å². The van der Waals surface area contributed by atoms with Crippen LogP contribution in [0.15, 0.2) is 91.3 Å². The van der Waals surface area contributed by atoms with E-state index in [1.165, 1.54) is 0 Å². The molecule has 0 aliphatic heterocycles. The number of H-pyrrole nitrogens is 2. The number of imidazole rings is 2. The number of anilines is 2. The molecule has 0 bridgehead atoms. The lowest BCUT2D eigenvalue weighted by atomic mass is 10.2. The van der Waals surface area contributed by atoms with E-state index in [0.29, 0.717) is 11.4 Å². The highest BCUT2D eigenvalue weighted by Crippen LogP contribution is 2.23. The number of urea groups is 1. The third kappa shape index (κ3) is 3.84. The molecule has 0 aliphatic rings.